The number of thioether (sulfide) groups is 2. The van der Waals surface area contributed by atoms with Gasteiger partial charge in [-0.25, -0.2) is 0 Å². The van der Waals surface area contributed by atoms with Gasteiger partial charge in [0, 0.05) is 35.4 Å². The van der Waals surface area contributed by atoms with E-state index >= 15 is 0 Å². The Bertz CT molecular complexity index is 395. The first-order valence-electron chi connectivity index (χ1n) is 6.26. The molecular weight excluding hydrogens is 262 g/mol. The molecular formula is C14H21NOS2. The van der Waals surface area contributed by atoms with Gasteiger partial charge in [-0.05, 0) is 24.8 Å². The van der Waals surface area contributed by atoms with E-state index in [-0.39, 0.29) is 0 Å². The second-order valence-corrected chi connectivity index (χ2v) is 7.03. The monoisotopic (exact) mass is 283 g/mol. The molecule has 2 N–H and O–H groups in total. The topological polar surface area (TPSA) is 32.3 Å². The highest BCUT2D eigenvalue weighted by Crippen LogP contribution is 2.38. The van der Waals surface area contributed by atoms with Gasteiger partial charge < -0.3 is 10.4 Å². The predicted molar refractivity (Wildman–Crippen MR) is 81.8 cm³/mol. The van der Waals surface area contributed by atoms with Crippen LogP contribution in [0.2, 0.25) is 0 Å². The van der Waals surface area contributed by atoms with E-state index in [1.54, 1.807) is 11.8 Å². The van der Waals surface area contributed by atoms with Gasteiger partial charge >= 0.3 is 0 Å². The smallest absolute Gasteiger partial charge is 0.0833 e. The first-order chi connectivity index (χ1) is 8.62. The predicted octanol–water partition coefficient (Wildman–Crippen LogP) is 2.58. The number of aliphatic hydroxyl groups is 1. The fourth-order valence-corrected chi connectivity index (χ4v) is 4.25. The number of fused-ring (bicyclic) bond motifs is 1. The van der Waals surface area contributed by atoms with Crippen LogP contribution >= 0.6 is 23.5 Å². The van der Waals surface area contributed by atoms with Crippen LogP contribution < -0.4 is 5.32 Å². The fraction of sp³-hybridized carbons (Fsp3) is 0.571. The molecule has 100 valence electrons. The zero-order chi connectivity index (χ0) is 13.0. The molecule has 2 unspecified atom stereocenters. The molecule has 0 bridgehead atoms. The summed E-state index contributed by atoms with van der Waals surface area (Å²) in [6, 6.07) is 8.64. The molecule has 0 saturated heterocycles. The van der Waals surface area contributed by atoms with E-state index in [1.807, 2.05) is 24.9 Å². The van der Waals surface area contributed by atoms with Crippen molar-refractivity contribution < 1.29 is 5.11 Å². The van der Waals surface area contributed by atoms with Crippen LogP contribution in [0.25, 0.3) is 0 Å². The third kappa shape index (κ3) is 3.67. The largest absolute Gasteiger partial charge is 0.388 e. The van der Waals surface area contributed by atoms with Crippen LogP contribution in [0.1, 0.15) is 18.4 Å². The lowest BCUT2D eigenvalue weighted by atomic mass is 10.0. The van der Waals surface area contributed by atoms with Crippen LogP contribution in [0.3, 0.4) is 0 Å². The molecule has 0 aliphatic carbocycles. The maximum atomic E-state index is 10.1. The van der Waals surface area contributed by atoms with Crippen molar-refractivity contribution in [1.29, 1.82) is 0 Å². The van der Waals surface area contributed by atoms with Crippen molar-refractivity contribution in [3.8, 4) is 0 Å². The fourth-order valence-electron chi connectivity index (χ4n) is 2.28. The number of hydrogen-bond acceptors (Lipinski definition) is 4. The van der Waals surface area contributed by atoms with Crippen molar-refractivity contribution in [3.63, 3.8) is 0 Å². The summed E-state index contributed by atoms with van der Waals surface area (Å²) in [6.45, 7) is 3.51. The molecule has 0 aromatic heterocycles. The highest BCUT2D eigenvalue weighted by Gasteiger charge is 2.24. The normalized spacial score (nSPS) is 21.6. The molecule has 0 radical (unpaired) electrons. The van der Waals surface area contributed by atoms with E-state index in [0.717, 1.165) is 18.1 Å². The van der Waals surface area contributed by atoms with Gasteiger partial charge in [-0.2, -0.15) is 11.8 Å². The summed E-state index contributed by atoms with van der Waals surface area (Å²) in [4.78, 5) is 1.42. The van der Waals surface area contributed by atoms with Crippen molar-refractivity contribution in [2.45, 2.75) is 23.3 Å². The summed E-state index contributed by atoms with van der Waals surface area (Å²) in [5.74, 6) is 2.50. The molecule has 2 nitrogen and oxygen atoms in total. The number of nitrogens with one attached hydrogen (secondary N) is 1. The molecule has 1 aromatic rings. The van der Waals surface area contributed by atoms with Gasteiger partial charge in [0.1, 0.15) is 0 Å². The summed E-state index contributed by atoms with van der Waals surface area (Å²) < 4.78 is 0. The van der Waals surface area contributed by atoms with Gasteiger partial charge in [0.25, 0.3) is 0 Å². The molecule has 4 heteroatoms. The molecule has 0 amide bonds. The third-order valence-electron chi connectivity index (χ3n) is 3.15. The Morgan fingerprint density at radius 2 is 2.28 bits per heavy atom. The van der Waals surface area contributed by atoms with Crippen LogP contribution in [-0.2, 0) is 0 Å². The zero-order valence-corrected chi connectivity index (χ0v) is 12.6. The van der Waals surface area contributed by atoms with E-state index in [4.69, 9.17) is 0 Å². The lowest BCUT2D eigenvalue weighted by molar-refractivity contribution is 0.0848. The standard InChI is InChI=1S/C14H21NOS2/c1-14(16,10-17-2)9-15-7-11-8-18-13-6-4-3-5-12(11)13/h3-6,11,15-16H,7-10H2,1-2H3. The van der Waals surface area contributed by atoms with Crippen LogP contribution in [0.5, 0.6) is 0 Å². The zero-order valence-electron chi connectivity index (χ0n) is 11.0. The Kier molecular flexibility index (Phi) is 5.01. The summed E-state index contributed by atoms with van der Waals surface area (Å²) >= 11 is 3.62. The Labute approximate surface area is 118 Å². The molecule has 18 heavy (non-hydrogen) atoms. The van der Waals surface area contributed by atoms with Crippen LogP contribution in [-0.4, -0.2) is 41.6 Å². The summed E-state index contributed by atoms with van der Waals surface area (Å²) in [6.07, 6.45) is 2.03. The second-order valence-electron chi connectivity index (χ2n) is 5.11. The highest BCUT2D eigenvalue weighted by molar-refractivity contribution is 7.99. The van der Waals surface area contributed by atoms with Crippen molar-refractivity contribution >= 4 is 23.5 Å². The highest BCUT2D eigenvalue weighted by atomic mass is 32.2. The summed E-state index contributed by atoms with van der Waals surface area (Å²) in [5, 5.41) is 13.5. The van der Waals surface area contributed by atoms with E-state index in [0.29, 0.717) is 12.5 Å². The van der Waals surface area contributed by atoms with Crippen LogP contribution in [0.4, 0.5) is 0 Å². The van der Waals surface area contributed by atoms with E-state index < -0.39 is 5.60 Å². The van der Waals surface area contributed by atoms with Gasteiger partial charge in [0.2, 0.25) is 0 Å². The van der Waals surface area contributed by atoms with Crippen LogP contribution in [0.15, 0.2) is 29.2 Å². The van der Waals surface area contributed by atoms with Crippen molar-refractivity contribution in [2.24, 2.45) is 0 Å². The van der Waals surface area contributed by atoms with Crippen molar-refractivity contribution in [1.82, 2.24) is 5.32 Å². The van der Waals surface area contributed by atoms with Gasteiger partial charge in [-0.3, -0.25) is 0 Å². The van der Waals surface area contributed by atoms with Gasteiger partial charge in [0.15, 0.2) is 0 Å². The quantitative estimate of drug-likeness (QED) is 0.840. The third-order valence-corrected chi connectivity index (χ3v) is 5.31. The number of rotatable bonds is 6. The molecule has 1 aromatic carbocycles. The molecule has 2 atom stereocenters. The maximum Gasteiger partial charge on any atom is 0.0833 e. The Morgan fingerprint density at radius 1 is 1.50 bits per heavy atom. The van der Waals surface area contributed by atoms with Crippen molar-refractivity contribution in [2.75, 3.05) is 30.9 Å². The molecule has 1 aliphatic rings. The minimum absolute atomic E-state index is 0.580. The molecule has 0 spiro atoms. The van der Waals surface area contributed by atoms with Gasteiger partial charge in [-0.1, -0.05) is 18.2 Å². The van der Waals surface area contributed by atoms with Gasteiger partial charge in [0.05, 0.1) is 5.60 Å². The van der Waals surface area contributed by atoms with Crippen LogP contribution in [0, 0.1) is 0 Å². The number of benzene rings is 1. The molecule has 0 saturated carbocycles. The second kappa shape index (κ2) is 6.33. The average molecular weight is 283 g/mol. The first kappa shape index (κ1) is 14.3. The number of hydrogen-bond donors (Lipinski definition) is 2. The Morgan fingerprint density at radius 3 is 3.06 bits per heavy atom. The Balaban J connectivity index is 1.82. The Hall–Kier alpha value is -0.160. The molecule has 2 rings (SSSR count). The van der Waals surface area contributed by atoms with E-state index in [1.165, 1.54) is 10.5 Å². The van der Waals surface area contributed by atoms with E-state index in [2.05, 4.69) is 29.6 Å². The van der Waals surface area contributed by atoms with Crippen molar-refractivity contribution in [3.05, 3.63) is 29.8 Å². The SMILES string of the molecule is CSCC(C)(O)CNCC1CSc2ccccc21. The molecule has 0 fully saturated rings. The summed E-state index contributed by atoms with van der Waals surface area (Å²) in [5.41, 5.74) is 0.851. The minimum Gasteiger partial charge on any atom is -0.388 e. The lowest BCUT2D eigenvalue weighted by Crippen LogP contribution is -2.41. The molecule has 1 aliphatic heterocycles. The average Bonchev–Trinajstić information content (AvgIpc) is 2.73. The van der Waals surface area contributed by atoms with Gasteiger partial charge in [-0.15, -0.1) is 11.8 Å². The molecule has 1 heterocycles. The minimum atomic E-state index is -0.606. The summed E-state index contributed by atoms with van der Waals surface area (Å²) in [7, 11) is 0. The van der Waals surface area contributed by atoms with E-state index in [9.17, 15) is 5.11 Å². The maximum absolute atomic E-state index is 10.1. The lowest BCUT2D eigenvalue weighted by Gasteiger charge is -2.23. The first-order valence-corrected chi connectivity index (χ1v) is 8.64.